The van der Waals surface area contributed by atoms with Gasteiger partial charge >= 0.3 is 0 Å². The van der Waals surface area contributed by atoms with Gasteiger partial charge in [0.05, 0.1) is 5.56 Å². The van der Waals surface area contributed by atoms with Crippen molar-refractivity contribution in [1.29, 1.82) is 0 Å². The highest BCUT2D eigenvalue weighted by molar-refractivity contribution is 6.05. The normalized spacial score (nSPS) is 18.2. The van der Waals surface area contributed by atoms with Gasteiger partial charge in [0.1, 0.15) is 11.8 Å². The van der Waals surface area contributed by atoms with Crippen molar-refractivity contribution >= 4 is 29.3 Å². The van der Waals surface area contributed by atoms with Gasteiger partial charge in [0.2, 0.25) is 0 Å². The van der Waals surface area contributed by atoms with Crippen molar-refractivity contribution in [1.82, 2.24) is 10.2 Å². The first-order chi connectivity index (χ1) is 9.29. The number of nitrogens with one attached hydrogen (secondary N) is 1. The van der Waals surface area contributed by atoms with Crippen molar-refractivity contribution in [3.05, 3.63) is 36.1 Å². The van der Waals surface area contributed by atoms with E-state index in [9.17, 15) is 4.79 Å². The van der Waals surface area contributed by atoms with Crippen LogP contribution in [0.25, 0.3) is 11.0 Å². The number of hydrogen-bond acceptors (Lipinski definition) is 3. The Labute approximate surface area is 124 Å². The molecule has 0 spiro atoms. The number of nitrogens with zero attached hydrogens (tertiary/aromatic N) is 1. The van der Waals surface area contributed by atoms with Crippen LogP contribution in [-0.2, 0) is 0 Å². The molecule has 108 valence electrons. The van der Waals surface area contributed by atoms with E-state index in [4.69, 9.17) is 4.42 Å². The Morgan fingerprint density at radius 1 is 1.45 bits per heavy atom. The number of amides is 1. The molecule has 1 aromatic heterocycles. The topological polar surface area (TPSA) is 45.5 Å². The lowest BCUT2D eigenvalue weighted by Crippen LogP contribution is -2.30. The zero-order valence-corrected chi connectivity index (χ0v) is 12.3. The van der Waals surface area contributed by atoms with Gasteiger partial charge in [-0.25, -0.2) is 0 Å². The zero-order chi connectivity index (χ0) is 13.2. The maximum Gasteiger partial charge on any atom is 0.257 e. The number of likely N-dealkylation sites (tertiary alicyclic amines) is 1. The minimum Gasteiger partial charge on any atom is -0.463 e. The minimum absolute atomic E-state index is 0. The van der Waals surface area contributed by atoms with Gasteiger partial charge in [-0.05, 0) is 32.0 Å². The summed E-state index contributed by atoms with van der Waals surface area (Å²) < 4.78 is 5.44. The van der Waals surface area contributed by atoms with Crippen LogP contribution in [0.2, 0.25) is 0 Å². The van der Waals surface area contributed by atoms with E-state index in [0.29, 0.717) is 11.5 Å². The fraction of sp³-hybridized carbons (Fsp3) is 0.400. The molecule has 0 saturated carbocycles. The van der Waals surface area contributed by atoms with E-state index in [1.807, 2.05) is 36.2 Å². The predicted molar refractivity (Wildman–Crippen MR) is 81.4 cm³/mol. The molecule has 2 aromatic rings. The Morgan fingerprint density at radius 3 is 3.05 bits per heavy atom. The maximum absolute atomic E-state index is 12.5. The summed E-state index contributed by atoms with van der Waals surface area (Å²) in [6.07, 6.45) is 2.65. The van der Waals surface area contributed by atoms with Crippen LogP contribution < -0.4 is 5.32 Å². The average molecular weight is 295 g/mol. The molecule has 1 atom stereocenters. The molecule has 1 aliphatic heterocycles. The Balaban J connectivity index is 0.00000147. The second kappa shape index (κ2) is 6.29. The quantitative estimate of drug-likeness (QED) is 0.946. The van der Waals surface area contributed by atoms with E-state index < -0.39 is 0 Å². The SMILES string of the molecule is CNCC1CCN(C(=O)c2coc3ccccc23)C1.Cl. The highest BCUT2D eigenvalue weighted by atomic mass is 35.5. The van der Waals surface area contributed by atoms with Crippen LogP contribution in [0.15, 0.2) is 34.9 Å². The monoisotopic (exact) mass is 294 g/mol. The lowest BCUT2D eigenvalue weighted by atomic mass is 10.1. The van der Waals surface area contributed by atoms with Crippen LogP contribution in [0.4, 0.5) is 0 Å². The highest BCUT2D eigenvalue weighted by Crippen LogP contribution is 2.24. The van der Waals surface area contributed by atoms with Gasteiger partial charge < -0.3 is 14.6 Å². The van der Waals surface area contributed by atoms with Gasteiger partial charge in [-0.15, -0.1) is 12.4 Å². The first-order valence-electron chi connectivity index (χ1n) is 6.69. The molecule has 20 heavy (non-hydrogen) atoms. The van der Waals surface area contributed by atoms with Crippen LogP contribution in [0.3, 0.4) is 0 Å². The van der Waals surface area contributed by atoms with Gasteiger partial charge in [-0.2, -0.15) is 0 Å². The van der Waals surface area contributed by atoms with Crippen molar-refractivity contribution in [3.8, 4) is 0 Å². The summed E-state index contributed by atoms with van der Waals surface area (Å²) in [7, 11) is 1.95. The molecule has 4 nitrogen and oxygen atoms in total. The third-order valence-corrected chi connectivity index (χ3v) is 3.78. The number of benzene rings is 1. The largest absolute Gasteiger partial charge is 0.463 e. The third-order valence-electron chi connectivity index (χ3n) is 3.78. The number of rotatable bonds is 3. The number of fused-ring (bicyclic) bond motifs is 1. The number of hydrogen-bond donors (Lipinski definition) is 1. The summed E-state index contributed by atoms with van der Waals surface area (Å²) in [5.74, 6) is 0.649. The third kappa shape index (κ3) is 2.67. The van der Waals surface area contributed by atoms with E-state index >= 15 is 0 Å². The van der Waals surface area contributed by atoms with Gasteiger partial charge in [0.25, 0.3) is 5.91 Å². The predicted octanol–water partition coefficient (Wildman–Crippen LogP) is 2.54. The molecular weight excluding hydrogens is 276 g/mol. The Hall–Kier alpha value is -1.52. The lowest BCUT2D eigenvalue weighted by molar-refractivity contribution is 0.0788. The fourth-order valence-electron chi connectivity index (χ4n) is 2.79. The molecule has 1 N–H and O–H groups in total. The number of para-hydroxylation sites is 1. The Kier molecular flexibility index (Phi) is 4.68. The molecule has 0 radical (unpaired) electrons. The molecule has 1 saturated heterocycles. The van der Waals surface area contributed by atoms with Crippen LogP contribution in [0.5, 0.6) is 0 Å². The molecule has 1 aliphatic rings. The van der Waals surface area contributed by atoms with Crippen molar-refractivity contribution < 1.29 is 9.21 Å². The highest BCUT2D eigenvalue weighted by Gasteiger charge is 2.28. The summed E-state index contributed by atoms with van der Waals surface area (Å²) in [5.41, 5.74) is 1.46. The summed E-state index contributed by atoms with van der Waals surface area (Å²) in [6, 6.07) is 7.68. The van der Waals surface area contributed by atoms with Crippen LogP contribution >= 0.6 is 12.4 Å². The molecule has 0 bridgehead atoms. The van der Waals surface area contributed by atoms with Gasteiger partial charge in [0, 0.05) is 18.5 Å². The molecular formula is C15H19ClN2O2. The molecule has 3 rings (SSSR count). The van der Waals surface area contributed by atoms with Crippen molar-refractivity contribution in [2.45, 2.75) is 6.42 Å². The van der Waals surface area contributed by atoms with Crippen molar-refractivity contribution in [2.24, 2.45) is 5.92 Å². The van der Waals surface area contributed by atoms with Gasteiger partial charge in [-0.3, -0.25) is 4.79 Å². The van der Waals surface area contributed by atoms with Crippen LogP contribution in [-0.4, -0.2) is 37.5 Å². The van der Waals surface area contributed by atoms with E-state index in [2.05, 4.69) is 5.32 Å². The number of carbonyl (C=O) groups is 1. The fourth-order valence-corrected chi connectivity index (χ4v) is 2.79. The van der Waals surface area contributed by atoms with Gasteiger partial charge in [-0.1, -0.05) is 18.2 Å². The molecule has 1 unspecified atom stereocenters. The van der Waals surface area contributed by atoms with Crippen molar-refractivity contribution in [3.63, 3.8) is 0 Å². The molecule has 0 aliphatic carbocycles. The van der Waals surface area contributed by atoms with Crippen molar-refractivity contribution in [2.75, 3.05) is 26.7 Å². The molecule has 2 heterocycles. The molecule has 5 heteroatoms. The first-order valence-corrected chi connectivity index (χ1v) is 6.69. The average Bonchev–Trinajstić information content (AvgIpc) is 3.05. The Morgan fingerprint density at radius 2 is 2.25 bits per heavy atom. The second-order valence-electron chi connectivity index (χ2n) is 5.11. The smallest absolute Gasteiger partial charge is 0.257 e. The number of furan rings is 1. The van der Waals surface area contributed by atoms with E-state index in [1.54, 1.807) is 6.26 Å². The molecule has 1 aromatic carbocycles. The molecule has 1 fully saturated rings. The summed E-state index contributed by atoms with van der Waals surface area (Å²) >= 11 is 0. The summed E-state index contributed by atoms with van der Waals surface area (Å²) in [6.45, 7) is 2.64. The first kappa shape index (κ1) is 14.9. The zero-order valence-electron chi connectivity index (χ0n) is 11.5. The number of halogens is 1. The number of carbonyl (C=O) groups excluding carboxylic acids is 1. The van der Waals surface area contributed by atoms with E-state index in [-0.39, 0.29) is 18.3 Å². The minimum atomic E-state index is 0. The summed E-state index contributed by atoms with van der Waals surface area (Å²) in [5, 5.41) is 4.08. The van der Waals surface area contributed by atoms with Gasteiger partial charge in [0.15, 0.2) is 0 Å². The standard InChI is InChI=1S/C15H18N2O2.ClH/c1-16-8-11-6-7-17(9-11)15(18)13-10-19-14-5-3-2-4-12(13)14;/h2-5,10-11,16H,6-9H2,1H3;1H. The van der Waals surface area contributed by atoms with E-state index in [0.717, 1.165) is 37.0 Å². The molecule has 1 amide bonds. The van der Waals surface area contributed by atoms with Crippen LogP contribution in [0, 0.1) is 5.92 Å². The second-order valence-corrected chi connectivity index (χ2v) is 5.11. The van der Waals surface area contributed by atoms with E-state index in [1.165, 1.54) is 0 Å². The summed E-state index contributed by atoms with van der Waals surface area (Å²) in [4.78, 5) is 14.4. The lowest BCUT2D eigenvalue weighted by Gasteiger charge is -2.15. The van der Waals surface area contributed by atoms with Crippen LogP contribution in [0.1, 0.15) is 16.8 Å². The maximum atomic E-state index is 12.5. The Bertz CT molecular complexity index is 596.